The Labute approximate surface area is 165 Å². The van der Waals surface area contributed by atoms with Crippen LogP contribution in [-0.2, 0) is 0 Å². The van der Waals surface area contributed by atoms with E-state index >= 15 is 0 Å². The summed E-state index contributed by atoms with van der Waals surface area (Å²) in [5, 5.41) is 4.00. The van der Waals surface area contributed by atoms with Crippen LogP contribution in [0, 0.1) is 5.92 Å². The molecule has 0 saturated heterocycles. The predicted octanol–water partition coefficient (Wildman–Crippen LogP) is 3.51. The van der Waals surface area contributed by atoms with E-state index in [0.29, 0.717) is 41.1 Å². The molecular weight excluding hydrogens is 360 g/mol. The summed E-state index contributed by atoms with van der Waals surface area (Å²) in [6.07, 6.45) is 1.54. The third kappa shape index (κ3) is 5.64. The highest BCUT2D eigenvalue weighted by molar-refractivity contribution is 5.95. The van der Waals surface area contributed by atoms with Crippen LogP contribution in [0.25, 0.3) is 0 Å². The summed E-state index contributed by atoms with van der Waals surface area (Å²) in [7, 11) is 4.63. The molecule has 1 amide bonds. The topological polar surface area (TPSA) is 78.4 Å². The van der Waals surface area contributed by atoms with Crippen molar-refractivity contribution in [1.82, 2.24) is 5.43 Å². The van der Waals surface area contributed by atoms with Crippen LogP contribution in [0.1, 0.15) is 29.8 Å². The first kappa shape index (κ1) is 21.1. The second-order valence-corrected chi connectivity index (χ2v) is 6.38. The van der Waals surface area contributed by atoms with Crippen LogP contribution in [0.2, 0.25) is 0 Å². The Hall–Kier alpha value is -3.22. The van der Waals surface area contributed by atoms with Gasteiger partial charge in [-0.25, -0.2) is 5.43 Å². The fourth-order valence-electron chi connectivity index (χ4n) is 2.35. The Morgan fingerprint density at radius 1 is 0.964 bits per heavy atom. The quantitative estimate of drug-likeness (QED) is 0.527. The Morgan fingerprint density at radius 3 is 2.25 bits per heavy atom. The zero-order valence-electron chi connectivity index (χ0n) is 16.8. The molecule has 7 nitrogen and oxygen atoms in total. The Morgan fingerprint density at radius 2 is 1.61 bits per heavy atom. The molecule has 150 valence electrons. The molecule has 1 N–H and O–H groups in total. The van der Waals surface area contributed by atoms with Crippen LogP contribution >= 0.6 is 0 Å². The molecule has 0 radical (unpaired) electrons. The largest absolute Gasteiger partial charge is 0.493 e. The van der Waals surface area contributed by atoms with Gasteiger partial charge in [-0.15, -0.1) is 0 Å². The minimum Gasteiger partial charge on any atom is -0.493 e. The van der Waals surface area contributed by atoms with E-state index in [-0.39, 0.29) is 5.91 Å². The predicted molar refractivity (Wildman–Crippen MR) is 108 cm³/mol. The van der Waals surface area contributed by atoms with Crippen LogP contribution in [0.5, 0.6) is 23.0 Å². The molecule has 0 aromatic heterocycles. The zero-order chi connectivity index (χ0) is 20.5. The molecule has 0 aliphatic rings. The number of nitrogens with zero attached hydrogens (tertiary/aromatic N) is 1. The maximum atomic E-state index is 12.3. The highest BCUT2D eigenvalue weighted by Crippen LogP contribution is 2.28. The fourth-order valence-corrected chi connectivity index (χ4v) is 2.35. The van der Waals surface area contributed by atoms with Crippen LogP contribution < -0.4 is 24.4 Å². The number of methoxy groups -OCH3 is 3. The highest BCUT2D eigenvalue weighted by Gasteiger charge is 2.10. The van der Waals surface area contributed by atoms with Crippen molar-refractivity contribution in [1.29, 1.82) is 0 Å². The van der Waals surface area contributed by atoms with Crippen molar-refractivity contribution in [3.05, 3.63) is 47.5 Å². The van der Waals surface area contributed by atoms with Gasteiger partial charge < -0.3 is 18.9 Å². The number of rotatable bonds is 9. The molecule has 7 heteroatoms. The van der Waals surface area contributed by atoms with E-state index in [9.17, 15) is 4.79 Å². The maximum Gasteiger partial charge on any atom is 0.271 e. The van der Waals surface area contributed by atoms with Crippen LogP contribution in [-0.4, -0.2) is 40.1 Å². The van der Waals surface area contributed by atoms with Crippen LogP contribution in [0.15, 0.2) is 41.5 Å². The molecule has 0 atom stereocenters. The van der Waals surface area contributed by atoms with Gasteiger partial charge in [0.1, 0.15) is 0 Å². The van der Waals surface area contributed by atoms with Crippen molar-refractivity contribution in [2.75, 3.05) is 27.9 Å². The summed E-state index contributed by atoms with van der Waals surface area (Å²) in [4.78, 5) is 12.3. The Kier molecular flexibility index (Phi) is 7.68. The fraction of sp³-hybridized carbons (Fsp3) is 0.333. The minimum absolute atomic E-state index is 0.360. The molecule has 2 aromatic carbocycles. The standard InChI is InChI=1S/C21H26N2O5/c1-14(2)13-28-18-8-6-15(10-19(18)26-4)12-22-23-21(24)16-7-9-17(25-3)20(11-16)27-5/h6-12,14H,13H2,1-5H3,(H,23,24)/b22-12-. The molecule has 0 spiro atoms. The lowest BCUT2D eigenvalue weighted by Gasteiger charge is -2.12. The van der Waals surface area contributed by atoms with Crippen molar-refractivity contribution in [2.45, 2.75) is 13.8 Å². The lowest BCUT2D eigenvalue weighted by Crippen LogP contribution is -2.17. The summed E-state index contributed by atoms with van der Waals surface area (Å²) in [5.74, 6) is 2.35. The minimum atomic E-state index is -0.360. The lowest BCUT2D eigenvalue weighted by atomic mass is 10.2. The normalized spacial score (nSPS) is 10.8. The van der Waals surface area contributed by atoms with Crippen molar-refractivity contribution < 1.29 is 23.7 Å². The number of carbonyl (C=O) groups is 1. The zero-order valence-corrected chi connectivity index (χ0v) is 16.8. The second kappa shape index (κ2) is 10.2. The molecule has 28 heavy (non-hydrogen) atoms. The third-order valence-electron chi connectivity index (χ3n) is 3.79. The Balaban J connectivity index is 2.04. The van der Waals surface area contributed by atoms with E-state index < -0.39 is 0 Å². The van der Waals surface area contributed by atoms with Gasteiger partial charge in [0.15, 0.2) is 23.0 Å². The number of hydrazone groups is 1. The van der Waals surface area contributed by atoms with Gasteiger partial charge in [-0.1, -0.05) is 13.8 Å². The SMILES string of the molecule is COc1ccc(C(=O)N/N=C\c2ccc(OCC(C)C)c(OC)c2)cc1OC. The molecule has 0 bridgehead atoms. The number of nitrogens with one attached hydrogen (secondary N) is 1. The van der Waals surface area contributed by atoms with Crippen molar-refractivity contribution >= 4 is 12.1 Å². The van der Waals surface area contributed by atoms with Crippen molar-refractivity contribution in [2.24, 2.45) is 11.0 Å². The number of benzene rings is 2. The molecule has 0 unspecified atom stereocenters. The third-order valence-corrected chi connectivity index (χ3v) is 3.79. The Bertz CT molecular complexity index is 834. The monoisotopic (exact) mass is 386 g/mol. The first-order chi connectivity index (χ1) is 13.5. The first-order valence-corrected chi connectivity index (χ1v) is 8.84. The van der Waals surface area contributed by atoms with Gasteiger partial charge in [0, 0.05) is 5.56 Å². The summed E-state index contributed by atoms with van der Waals surface area (Å²) in [6.45, 7) is 4.76. The van der Waals surface area contributed by atoms with E-state index in [1.54, 1.807) is 31.4 Å². The summed E-state index contributed by atoms with van der Waals surface area (Å²) in [6, 6.07) is 10.3. The van der Waals surface area contributed by atoms with Gasteiger partial charge in [-0.2, -0.15) is 5.10 Å². The van der Waals surface area contributed by atoms with E-state index in [2.05, 4.69) is 24.4 Å². The highest BCUT2D eigenvalue weighted by atomic mass is 16.5. The van der Waals surface area contributed by atoms with Gasteiger partial charge in [-0.3, -0.25) is 4.79 Å². The van der Waals surface area contributed by atoms with E-state index in [4.69, 9.17) is 18.9 Å². The number of ether oxygens (including phenoxy) is 4. The van der Waals surface area contributed by atoms with Crippen molar-refractivity contribution in [3.8, 4) is 23.0 Å². The molecule has 2 rings (SSSR count). The van der Waals surface area contributed by atoms with Gasteiger partial charge >= 0.3 is 0 Å². The average Bonchev–Trinajstić information content (AvgIpc) is 2.71. The molecule has 0 aliphatic heterocycles. The molecule has 0 heterocycles. The van der Waals surface area contributed by atoms with E-state index in [1.807, 2.05) is 12.1 Å². The molecular formula is C21H26N2O5. The van der Waals surface area contributed by atoms with Gasteiger partial charge in [0.2, 0.25) is 0 Å². The summed E-state index contributed by atoms with van der Waals surface area (Å²) in [5.41, 5.74) is 3.66. The molecule has 0 aliphatic carbocycles. The van der Waals surface area contributed by atoms with Gasteiger partial charge in [-0.05, 0) is 47.9 Å². The van der Waals surface area contributed by atoms with E-state index in [0.717, 1.165) is 5.56 Å². The van der Waals surface area contributed by atoms with Crippen molar-refractivity contribution in [3.63, 3.8) is 0 Å². The average molecular weight is 386 g/mol. The molecule has 2 aromatic rings. The summed E-state index contributed by atoms with van der Waals surface area (Å²) < 4.78 is 21.5. The maximum absolute atomic E-state index is 12.3. The number of hydrogen-bond donors (Lipinski definition) is 1. The lowest BCUT2D eigenvalue weighted by molar-refractivity contribution is 0.0954. The number of amides is 1. The van der Waals surface area contributed by atoms with Crippen LogP contribution in [0.4, 0.5) is 0 Å². The second-order valence-electron chi connectivity index (χ2n) is 6.38. The van der Waals surface area contributed by atoms with Crippen LogP contribution in [0.3, 0.4) is 0 Å². The van der Waals surface area contributed by atoms with Gasteiger partial charge in [0.05, 0.1) is 34.2 Å². The first-order valence-electron chi connectivity index (χ1n) is 8.84. The molecule has 0 fully saturated rings. The summed E-state index contributed by atoms with van der Waals surface area (Å²) >= 11 is 0. The smallest absolute Gasteiger partial charge is 0.271 e. The van der Waals surface area contributed by atoms with E-state index in [1.165, 1.54) is 20.4 Å². The van der Waals surface area contributed by atoms with Gasteiger partial charge in [0.25, 0.3) is 5.91 Å². The number of carbonyl (C=O) groups excluding carboxylic acids is 1. The molecule has 0 saturated carbocycles. The number of hydrogen-bond acceptors (Lipinski definition) is 6.